The molecule has 0 aliphatic rings. The summed E-state index contributed by atoms with van der Waals surface area (Å²) in [7, 11) is 0. The molecule has 102 valence electrons. The number of halogens is 2. The monoisotopic (exact) mass is 350 g/mol. The lowest BCUT2D eigenvalue weighted by atomic mass is 10.1. The first kappa shape index (κ1) is 13.5. The molecule has 0 spiro atoms. The van der Waals surface area contributed by atoms with Crippen molar-refractivity contribution in [2.75, 3.05) is 0 Å². The maximum Gasteiger partial charge on any atom is 0.182 e. The van der Waals surface area contributed by atoms with E-state index in [1.165, 1.54) is 11.6 Å². The first-order valence-corrected chi connectivity index (χ1v) is 7.49. The standard InChI is InChI=1S/C15H12BrFN2S/c1-2-9-3-5-10(6-4-9)19-14-8-12(17)11(16)7-13(14)18-15(19)20/h3-8H,2H2,1H3,(H,18,20). The molecule has 1 heterocycles. The van der Waals surface area contributed by atoms with Crippen LogP contribution in [0.25, 0.3) is 16.7 Å². The van der Waals surface area contributed by atoms with E-state index in [4.69, 9.17) is 12.2 Å². The number of rotatable bonds is 2. The Balaban J connectivity index is 2.26. The van der Waals surface area contributed by atoms with E-state index in [0.717, 1.165) is 23.1 Å². The van der Waals surface area contributed by atoms with Gasteiger partial charge >= 0.3 is 0 Å². The van der Waals surface area contributed by atoms with Crippen LogP contribution in [0.4, 0.5) is 4.39 Å². The van der Waals surface area contributed by atoms with Crippen molar-refractivity contribution < 1.29 is 4.39 Å². The number of aryl methyl sites for hydroxylation is 1. The number of hydrogen-bond acceptors (Lipinski definition) is 1. The van der Waals surface area contributed by atoms with E-state index in [1.54, 1.807) is 6.07 Å². The van der Waals surface area contributed by atoms with Crippen LogP contribution in [-0.2, 0) is 6.42 Å². The average molecular weight is 351 g/mol. The van der Waals surface area contributed by atoms with Crippen LogP contribution in [0.3, 0.4) is 0 Å². The normalized spacial score (nSPS) is 11.2. The number of nitrogens with one attached hydrogen (secondary N) is 1. The van der Waals surface area contributed by atoms with Crippen LogP contribution in [0.5, 0.6) is 0 Å². The van der Waals surface area contributed by atoms with Gasteiger partial charge in [-0.2, -0.15) is 0 Å². The lowest BCUT2D eigenvalue weighted by Gasteiger charge is -2.06. The minimum atomic E-state index is -0.301. The van der Waals surface area contributed by atoms with Crippen LogP contribution in [0.1, 0.15) is 12.5 Å². The fraction of sp³-hybridized carbons (Fsp3) is 0.133. The molecule has 5 heteroatoms. The first-order chi connectivity index (χ1) is 9.60. The van der Waals surface area contributed by atoms with Gasteiger partial charge < -0.3 is 4.98 Å². The van der Waals surface area contributed by atoms with Crippen molar-refractivity contribution in [3.05, 3.63) is 57.0 Å². The summed E-state index contributed by atoms with van der Waals surface area (Å²) < 4.78 is 16.6. The molecule has 0 unspecified atom stereocenters. The van der Waals surface area contributed by atoms with Crippen molar-refractivity contribution in [3.63, 3.8) is 0 Å². The first-order valence-electron chi connectivity index (χ1n) is 6.29. The van der Waals surface area contributed by atoms with Crippen LogP contribution in [0.2, 0.25) is 0 Å². The lowest BCUT2D eigenvalue weighted by molar-refractivity contribution is 0.622. The zero-order valence-corrected chi connectivity index (χ0v) is 13.2. The molecule has 2 aromatic carbocycles. The Morgan fingerprint density at radius 3 is 2.60 bits per heavy atom. The maximum atomic E-state index is 13.8. The Kier molecular flexibility index (Phi) is 3.48. The molecule has 0 aliphatic carbocycles. The van der Waals surface area contributed by atoms with E-state index in [0.29, 0.717) is 9.24 Å². The summed E-state index contributed by atoms with van der Waals surface area (Å²) >= 11 is 8.54. The number of nitrogens with zero attached hydrogens (tertiary/aromatic N) is 1. The van der Waals surface area contributed by atoms with Gasteiger partial charge in [-0.25, -0.2) is 4.39 Å². The van der Waals surface area contributed by atoms with Crippen LogP contribution in [0.15, 0.2) is 40.9 Å². The lowest BCUT2D eigenvalue weighted by Crippen LogP contribution is -1.94. The SMILES string of the molecule is CCc1ccc(-n2c(=S)[nH]c3cc(Br)c(F)cc32)cc1. The number of aromatic amines is 1. The van der Waals surface area contributed by atoms with Gasteiger partial charge in [0.2, 0.25) is 0 Å². The zero-order valence-electron chi connectivity index (χ0n) is 10.8. The van der Waals surface area contributed by atoms with E-state index in [9.17, 15) is 4.39 Å². The zero-order chi connectivity index (χ0) is 14.3. The fourth-order valence-corrected chi connectivity index (χ4v) is 2.90. The molecule has 1 aromatic heterocycles. The molecule has 20 heavy (non-hydrogen) atoms. The highest BCUT2D eigenvalue weighted by Gasteiger charge is 2.10. The molecule has 3 aromatic rings. The van der Waals surface area contributed by atoms with E-state index in [1.807, 2.05) is 16.7 Å². The van der Waals surface area contributed by atoms with Gasteiger partial charge in [-0.05, 0) is 58.3 Å². The van der Waals surface area contributed by atoms with E-state index in [-0.39, 0.29) is 5.82 Å². The molecular weight excluding hydrogens is 339 g/mol. The molecule has 0 saturated carbocycles. The maximum absolute atomic E-state index is 13.8. The van der Waals surface area contributed by atoms with Gasteiger partial charge in [-0.3, -0.25) is 4.57 Å². The van der Waals surface area contributed by atoms with Crippen molar-refractivity contribution in [2.45, 2.75) is 13.3 Å². The third-order valence-electron chi connectivity index (χ3n) is 3.33. The smallest absolute Gasteiger partial charge is 0.182 e. The predicted octanol–water partition coefficient (Wildman–Crippen LogP) is 5.15. The summed E-state index contributed by atoms with van der Waals surface area (Å²) in [6.07, 6.45) is 0.987. The molecule has 0 fully saturated rings. The topological polar surface area (TPSA) is 20.7 Å². The summed E-state index contributed by atoms with van der Waals surface area (Å²) in [6.45, 7) is 2.11. The van der Waals surface area contributed by atoms with Gasteiger partial charge in [-0.1, -0.05) is 19.1 Å². The molecule has 0 atom stereocenters. The van der Waals surface area contributed by atoms with Gasteiger partial charge in [0.05, 0.1) is 15.5 Å². The van der Waals surface area contributed by atoms with Crippen molar-refractivity contribution in [3.8, 4) is 5.69 Å². The summed E-state index contributed by atoms with van der Waals surface area (Å²) in [4.78, 5) is 3.10. The molecule has 1 N–H and O–H groups in total. The summed E-state index contributed by atoms with van der Waals surface area (Å²) in [5, 5.41) is 0. The molecule has 0 saturated heterocycles. The minimum absolute atomic E-state index is 0.301. The van der Waals surface area contributed by atoms with Crippen LogP contribution in [-0.4, -0.2) is 9.55 Å². The van der Waals surface area contributed by atoms with Gasteiger partial charge in [-0.15, -0.1) is 0 Å². The quantitative estimate of drug-likeness (QED) is 0.633. The molecule has 3 rings (SSSR count). The number of imidazole rings is 1. The van der Waals surface area contributed by atoms with Crippen molar-refractivity contribution in [1.29, 1.82) is 0 Å². The molecule has 0 amide bonds. The van der Waals surface area contributed by atoms with Gasteiger partial charge in [0.1, 0.15) is 5.82 Å². The van der Waals surface area contributed by atoms with E-state index in [2.05, 4.69) is 40.0 Å². The van der Waals surface area contributed by atoms with Crippen LogP contribution >= 0.6 is 28.1 Å². The van der Waals surface area contributed by atoms with Crippen molar-refractivity contribution >= 4 is 39.2 Å². The molecule has 2 nitrogen and oxygen atoms in total. The Morgan fingerprint density at radius 2 is 1.95 bits per heavy atom. The largest absolute Gasteiger partial charge is 0.330 e. The minimum Gasteiger partial charge on any atom is -0.330 e. The van der Waals surface area contributed by atoms with E-state index >= 15 is 0 Å². The Bertz CT molecular complexity index is 833. The highest BCUT2D eigenvalue weighted by molar-refractivity contribution is 9.10. The van der Waals surface area contributed by atoms with Crippen LogP contribution < -0.4 is 0 Å². The van der Waals surface area contributed by atoms with Gasteiger partial charge in [0.15, 0.2) is 4.77 Å². The summed E-state index contributed by atoms with van der Waals surface area (Å²) in [5.41, 5.74) is 3.73. The number of H-pyrrole nitrogens is 1. The Labute approximate surface area is 129 Å². The Morgan fingerprint density at radius 1 is 1.25 bits per heavy atom. The highest BCUT2D eigenvalue weighted by atomic mass is 79.9. The molecular formula is C15H12BrFN2S. The van der Waals surface area contributed by atoms with Gasteiger partial charge in [0, 0.05) is 11.8 Å². The second-order valence-corrected chi connectivity index (χ2v) is 5.81. The molecule has 0 bridgehead atoms. The molecule has 0 aliphatic heterocycles. The van der Waals surface area contributed by atoms with E-state index < -0.39 is 0 Å². The number of aromatic nitrogens is 2. The summed E-state index contributed by atoms with van der Waals surface area (Å²) in [5.74, 6) is -0.301. The Hall–Kier alpha value is -1.46. The second-order valence-electron chi connectivity index (χ2n) is 4.57. The van der Waals surface area contributed by atoms with Gasteiger partial charge in [0.25, 0.3) is 0 Å². The third-order valence-corrected chi connectivity index (χ3v) is 4.22. The number of fused-ring (bicyclic) bond motifs is 1. The van der Waals surface area contributed by atoms with Crippen molar-refractivity contribution in [1.82, 2.24) is 9.55 Å². The predicted molar refractivity (Wildman–Crippen MR) is 85.5 cm³/mol. The number of benzene rings is 2. The average Bonchev–Trinajstić information content (AvgIpc) is 2.75. The van der Waals surface area contributed by atoms with Crippen LogP contribution in [0, 0.1) is 10.6 Å². The third kappa shape index (κ3) is 2.21. The number of hydrogen-bond donors (Lipinski definition) is 1. The second kappa shape index (κ2) is 5.14. The highest BCUT2D eigenvalue weighted by Crippen LogP contribution is 2.25. The summed E-state index contributed by atoms with van der Waals surface area (Å²) in [6, 6.07) is 11.3. The van der Waals surface area contributed by atoms with Crippen molar-refractivity contribution in [2.24, 2.45) is 0 Å². The fourth-order valence-electron chi connectivity index (χ4n) is 2.24. The molecule has 0 radical (unpaired) electrons.